The Bertz CT molecular complexity index is 766. The number of hydrogen-bond acceptors (Lipinski definition) is 4. The summed E-state index contributed by atoms with van der Waals surface area (Å²) in [6.07, 6.45) is 0. The second-order valence-corrected chi connectivity index (χ2v) is 5.74. The van der Waals surface area contributed by atoms with Crippen LogP contribution in [0.2, 0.25) is 0 Å². The minimum absolute atomic E-state index is 0.201. The third-order valence-corrected chi connectivity index (χ3v) is 4.09. The molecule has 4 nitrogen and oxygen atoms in total. The van der Waals surface area contributed by atoms with Crippen LogP contribution in [0.5, 0.6) is 0 Å². The van der Waals surface area contributed by atoms with Crippen LogP contribution in [0.15, 0.2) is 54.6 Å². The second kappa shape index (κ2) is 6.49. The van der Waals surface area contributed by atoms with Crippen LogP contribution in [0.25, 0.3) is 10.4 Å². The number of nitrogens with zero attached hydrogens (tertiary/aromatic N) is 2. The SMILES string of the molecule is Cc1ccc(-c2snnc2C(=O)NCc2ccccc2)cc1. The molecule has 1 aromatic heterocycles. The van der Waals surface area contributed by atoms with Crippen LogP contribution in [0.1, 0.15) is 21.6 Å². The molecule has 0 aliphatic rings. The quantitative estimate of drug-likeness (QED) is 0.803. The molecule has 0 saturated carbocycles. The van der Waals surface area contributed by atoms with Gasteiger partial charge in [-0.15, -0.1) is 5.10 Å². The molecule has 0 atom stereocenters. The number of carbonyl (C=O) groups is 1. The lowest BCUT2D eigenvalue weighted by Gasteiger charge is -2.05. The van der Waals surface area contributed by atoms with Gasteiger partial charge in [0.2, 0.25) is 0 Å². The summed E-state index contributed by atoms with van der Waals surface area (Å²) in [7, 11) is 0. The van der Waals surface area contributed by atoms with Crippen molar-refractivity contribution < 1.29 is 4.79 Å². The number of carbonyl (C=O) groups excluding carboxylic acids is 1. The Morgan fingerprint density at radius 1 is 1.09 bits per heavy atom. The van der Waals surface area contributed by atoms with Crippen molar-refractivity contribution in [1.82, 2.24) is 14.9 Å². The maximum absolute atomic E-state index is 12.3. The molecule has 3 aromatic rings. The van der Waals surface area contributed by atoms with E-state index in [2.05, 4.69) is 14.9 Å². The predicted octanol–water partition coefficient (Wildman–Crippen LogP) is 3.44. The zero-order chi connectivity index (χ0) is 15.4. The van der Waals surface area contributed by atoms with E-state index in [-0.39, 0.29) is 5.91 Å². The van der Waals surface area contributed by atoms with E-state index >= 15 is 0 Å². The van der Waals surface area contributed by atoms with Crippen molar-refractivity contribution in [3.05, 3.63) is 71.4 Å². The van der Waals surface area contributed by atoms with Gasteiger partial charge < -0.3 is 5.32 Å². The van der Waals surface area contributed by atoms with Crippen LogP contribution < -0.4 is 5.32 Å². The van der Waals surface area contributed by atoms with Gasteiger partial charge in [-0.1, -0.05) is 64.6 Å². The molecule has 1 N–H and O–H groups in total. The lowest BCUT2D eigenvalue weighted by molar-refractivity contribution is 0.0946. The first-order chi connectivity index (χ1) is 10.7. The third-order valence-electron chi connectivity index (χ3n) is 3.31. The van der Waals surface area contributed by atoms with Gasteiger partial charge in [-0.05, 0) is 29.6 Å². The smallest absolute Gasteiger partial charge is 0.273 e. The molecule has 1 heterocycles. The summed E-state index contributed by atoms with van der Waals surface area (Å²) < 4.78 is 3.93. The molecular weight excluding hydrogens is 294 g/mol. The van der Waals surface area contributed by atoms with Gasteiger partial charge in [0.15, 0.2) is 5.69 Å². The number of aromatic nitrogens is 2. The number of nitrogens with one attached hydrogen (secondary N) is 1. The molecule has 0 bridgehead atoms. The van der Waals surface area contributed by atoms with Crippen molar-refractivity contribution in [3.63, 3.8) is 0 Å². The molecule has 0 radical (unpaired) electrons. The number of amides is 1. The van der Waals surface area contributed by atoms with E-state index in [0.29, 0.717) is 12.2 Å². The molecule has 1 amide bonds. The van der Waals surface area contributed by atoms with Crippen LogP contribution in [0, 0.1) is 6.92 Å². The molecule has 0 spiro atoms. The molecule has 0 aliphatic carbocycles. The van der Waals surface area contributed by atoms with Crippen molar-refractivity contribution in [2.45, 2.75) is 13.5 Å². The molecule has 22 heavy (non-hydrogen) atoms. The minimum atomic E-state index is -0.201. The van der Waals surface area contributed by atoms with Gasteiger partial charge in [0.05, 0.1) is 4.88 Å². The highest BCUT2D eigenvalue weighted by Crippen LogP contribution is 2.26. The number of rotatable bonds is 4. The van der Waals surface area contributed by atoms with Crippen molar-refractivity contribution in [2.24, 2.45) is 0 Å². The van der Waals surface area contributed by atoms with Gasteiger partial charge >= 0.3 is 0 Å². The van der Waals surface area contributed by atoms with Crippen molar-refractivity contribution in [1.29, 1.82) is 0 Å². The first kappa shape index (κ1) is 14.4. The average molecular weight is 309 g/mol. The maximum atomic E-state index is 12.3. The molecule has 3 rings (SSSR count). The van der Waals surface area contributed by atoms with Crippen LogP contribution in [0.3, 0.4) is 0 Å². The van der Waals surface area contributed by atoms with Crippen LogP contribution in [-0.2, 0) is 6.54 Å². The lowest BCUT2D eigenvalue weighted by atomic mass is 10.1. The Balaban J connectivity index is 1.76. The zero-order valence-electron chi connectivity index (χ0n) is 12.1. The highest BCUT2D eigenvalue weighted by Gasteiger charge is 2.17. The number of benzene rings is 2. The molecule has 2 aromatic carbocycles. The van der Waals surface area contributed by atoms with Gasteiger partial charge in [-0.25, -0.2) is 0 Å². The summed E-state index contributed by atoms with van der Waals surface area (Å²) in [6, 6.07) is 17.8. The monoisotopic (exact) mass is 309 g/mol. The van der Waals surface area contributed by atoms with Gasteiger partial charge in [-0.2, -0.15) is 0 Å². The normalized spacial score (nSPS) is 10.4. The summed E-state index contributed by atoms with van der Waals surface area (Å²) in [5.41, 5.74) is 3.57. The second-order valence-electron chi connectivity index (χ2n) is 4.98. The fourth-order valence-corrected chi connectivity index (χ4v) is 2.76. The third kappa shape index (κ3) is 3.20. The minimum Gasteiger partial charge on any atom is -0.347 e. The van der Waals surface area contributed by atoms with E-state index in [1.165, 1.54) is 17.1 Å². The van der Waals surface area contributed by atoms with Crippen LogP contribution >= 0.6 is 11.5 Å². The zero-order valence-corrected chi connectivity index (χ0v) is 12.9. The van der Waals surface area contributed by atoms with E-state index in [0.717, 1.165) is 16.0 Å². The van der Waals surface area contributed by atoms with E-state index in [1.807, 2.05) is 61.5 Å². The number of hydrogen-bond donors (Lipinski definition) is 1. The lowest BCUT2D eigenvalue weighted by Crippen LogP contribution is -2.23. The fourth-order valence-electron chi connectivity index (χ4n) is 2.10. The summed E-state index contributed by atoms with van der Waals surface area (Å²) in [4.78, 5) is 13.1. The summed E-state index contributed by atoms with van der Waals surface area (Å²) >= 11 is 1.24. The highest BCUT2D eigenvalue weighted by atomic mass is 32.1. The molecule has 5 heteroatoms. The molecule has 110 valence electrons. The van der Waals surface area contributed by atoms with Gasteiger partial charge in [0.25, 0.3) is 5.91 Å². The predicted molar refractivity (Wildman–Crippen MR) is 87.7 cm³/mol. The Hall–Kier alpha value is -2.53. The fraction of sp³-hybridized carbons (Fsp3) is 0.118. The van der Waals surface area contributed by atoms with Gasteiger partial charge in [-0.3, -0.25) is 4.79 Å². The summed E-state index contributed by atoms with van der Waals surface area (Å²) in [5.74, 6) is -0.201. The first-order valence-corrected chi connectivity index (χ1v) is 7.73. The molecule has 0 aliphatic heterocycles. The van der Waals surface area contributed by atoms with E-state index in [4.69, 9.17) is 0 Å². The highest BCUT2D eigenvalue weighted by molar-refractivity contribution is 7.09. The standard InChI is InChI=1S/C17H15N3OS/c1-12-7-9-14(10-8-12)16-15(19-20-22-16)17(21)18-11-13-5-3-2-4-6-13/h2-10H,11H2,1H3,(H,18,21). The number of aryl methyl sites for hydroxylation is 1. The van der Waals surface area contributed by atoms with E-state index in [9.17, 15) is 4.79 Å². The summed E-state index contributed by atoms with van der Waals surface area (Å²) in [6.45, 7) is 2.51. The molecule has 0 saturated heterocycles. The van der Waals surface area contributed by atoms with Crippen molar-refractivity contribution >= 4 is 17.4 Å². The van der Waals surface area contributed by atoms with Crippen molar-refractivity contribution in [2.75, 3.05) is 0 Å². The largest absolute Gasteiger partial charge is 0.347 e. The first-order valence-electron chi connectivity index (χ1n) is 6.95. The average Bonchev–Trinajstić information content (AvgIpc) is 3.04. The molecule has 0 unspecified atom stereocenters. The van der Waals surface area contributed by atoms with Gasteiger partial charge in [0, 0.05) is 6.54 Å². The Morgan fingerprint density at radius 2 is 1.82 bits per heavy atom. The maximum Gasteiger partial charge on any atom is 0.273 e. The molecule has 0 fully saturated rings. The van der Waals surface area contributed by atoms with E-state index in [1.54, 1.807) is 0 Å². The molecular formula is C17H15N3OS. The summed E-state index contributed by atoms with van der Waals surface area (Å²) in [5, 5.41) is 6.87. The van der Waals surface area contributed by atoms with Crippen LogP contribution in [0.4, 0.5) is 0 Å². The van der Waals surface area contributed by atoms with E-state index < -0.39 is 0 Å². The Kier molecular flexibility index (Phi) is 4.25. The van der Waals surface area contributed by atoms with Crippen molar-refractivity contribution in [3.8, 4) is 10.4 Å². The Morgan fingerprint density at radius 3 is 2.55 bits per heavy atom. The van der Waals surface area contributed by atoms with Gasteiger partial charge in [0.1, 0.15) is 0 Å². The Labute approximate surface area is 133 Å². The topological polar surface area (TPSA) is 54.9 Å². The van der Waals surface area contributed by atoms with Crippen LogP contribution in [-0.4, -0.2) is 15.5 Å².